The first-order chi connectivity index (χ1) is 13.5. The summed E-state index contributed by atoms with van der Waals surface area (Å²) >= 11 is 0. The lowest BCUT2D eigenvalue weighted by Gasteiger charge is -2.49. The van der Waals surface area contributed by atoms with Gasteiger partial charge in [-0.1, -0.05) is 0 Å². The number of nitrogens with zero attached hydrogens (tertiary/aromatic N) is 1. The maximum Gasteiger partial charge on any atom is 0.307 e. The molecule has 154 valence electrons. The molecule has 2 aromatic rings. The molecule has 0 spiro atoms. The molecule has 1 N–H and O–H groups in total. The van der Waals surface area contributed by atoms with Gasteiger partial charge in [0.05, 0.1) is 19.3 Å². The molecule has 5 rings (SSSR count). The van der Waals surface area contributed by atoms with Crippen LogP contribution in [0.4, 0.5) is 0 Å². The zero-order valence-electron chi connectivity index (χ0n) is 16.5. The van der Waals surface area contributed by atoms with Gasteiger partial charge in [0.2, 0.25) is 0 Å². The summed E-state index contributed by atoms with van der Waals surface area (Å²) in [6, 6.07) is 6.56. The van der Waals surface area contributed by atoms with Crippen molar-refractivity contribution in [2.75, 3.05) is 20.2 Å². The van der Waals surface area contributed by atoms with Crippen molar-refractivity contribution in [2.24, 2.45) is 11.8 Å². The summed E-state index contributed by atoms with van der Waals surface area (Å²) in [6.45, 7) is 5.56. The highest BCUT2D eigenvalue weighted by atomic mass is 16.6. The van der Waals surface area contributed by atoms with E-state index in [1.54, 1.807) is 13.4 Å². The number of methoxy groups -OCH3 is 1. The van der Waals surface area contributed by atoms with E-state index in [1.807, 2.05) is 6.07 Å². The van der Waals surface area contributed by atoms with E-state index < -0.39 is 0 Å². The summed E-state index contributed by atoms with van der Waals surface area (Å²) in [5, 5.41) is 1.29. The quantitative estimate of drug-likeness (QED) is 0.778. The van der Waals surface area contributed by atoms with E-state index >= 15 is 0 Å². The molecule has 6 heteroatoms. The molecular formula is C22H32N2O4. The van der Waals surface area contributed by atoms with Gasteiger partial charge in [-0.15, -0.1) is 0 Å². The number of hydrogen-bond donors (Lipinski definition) is 1. The van der Waals surface area contributed by atoms with E-state index in [4.69, 9.17) is 14.2 Å². The van der Waals surface area contributed by atoms with E-state index in [0.29, 0.717) is 17.7 Å². The van der Waals surface area contributed by atoms with Crippen LogP contribution < -0.4 is 4.74 Å². The monoisotopic (exact) mass is 388 g/mol. The molecule has 3 aliphatic heterocycles. The summed E-state index contributed by atoms with van der Waals surface area (Å²) < 4.78 is 16.7. The van der Waals surface area contributed by atoms with Crippen LogP contribution in [-0.2, 0) is 20.7 Å². The lowest BCUT2D eigenvalue weighted by Crippen LogP contribution is -2.51. The second-order valence-electron chi connectivity index (χ2n) is 8.15. The minimum Gasteiger partial charge on any atom is -0.497 e. The molecule has 1 aromatic carbocycles. The average Bonchev–Trinajstić information content (AvgIpc) is 3.07. The van der Waals surface area contributed by atoms with Crippen LogP contribution in [0.3, 0.4) is 0 Å². The Morgan fingerprint density at radius 2 is 2.25 bits per heavy atom. The first-order valence-corrected chi connectivity index (χ1v) is 10.0. The fourth-order valence-electron chi connectivity index (χ4n) is 5.26. The second-order valence-corrected chi connectivity index (χ2v) is 8.15. The maximum absolute atomic E-state index is 11.6. The molecule has 0 saturated carbocycles. The second kappa shape index (κ2) is 6.55. The molecule has 0 radical (unpaired) electrons. The standard InChI is InChI=1S/C22H26N2O4.3H2/c1-12-18-10-24-7-6-16-15-5-4-14(26-3)8-19(15)23-22(16)20(24)9-17(18)21(11-27-12)28-13(2)25;;;/h4-5,8,11-12,17-18,20,23H,6-7,9-10H2,1-3H3;3*1H/t12-,17?,18?,20?;;;/m1.../s1. The van der Waals surface area contributed by atoms with Gasteiger partial charge in [-0.2, -0.15) is 0 Å². The first-order valence-electron chi connectivity index (χ1n) is 10.0. The zero-order valence-corrected chi connectivity index (χ0v) is 16.5. The van der Waals surface area contributed by atoms with Gasteiger partial charge < -0.3 is 19.2 Å². The van der Waals surface area contributed by atoms with Gasteiger partial charge in [0.1, 0.15) is 17.8 Å². The van der Waals surface area contributed by atoms with Crippen LogP contribution in [0.15, 0.2) is 30.2 Å². The number of benzene rings is 1. The molecule has 3 unspecified atom stereocenters. The van der Waals surface area contributed by atoms with E-state index in [1.165, 1.54) is 23.6 Å². The van der Waals surface area contributed by atoms with E-state index in [2.05, 4.69) is 28.9 Å². The van der Waals surface area contributed by atoms with Gasteiger partial charge >= 0.3 is 5.97 Å². The van der Waals surface area contributed by atoms with Gasteiger partial charge in [0.15, 0.2) is 0 Å². The molecule has 4 heterocycles. The van der Waals surface area contributed by atoms with Crippen molar-refractivity contribution in [3.05, 3.63) is 41.5 Å². The summed E-state index contributed by atoms with van der Waals surface area (Å²) in [6.07, 6.45) is 3.74. The van der Waals surface area contributed by atoms with Gasteiger partial charge in [-0.05, 0) is 37.5 Å². The summed E-state index contributed by atoms with van der Waals surface area (Å²) in [5.74, 6) is 1.79. The normalized spacial score (nSPS) is 29.2. The van der Waals surface area contributed by atoms with Crippen molar-refractivity contribution < 1.29 is 23.3 Å². The molecule has 1 fully saturated rings. The van der Waals surface area contributed by atoms with Crippen molar-refractivity contribution >= 4 is 16.9 Å². The number of esters is 1. The van der Waals surface area contributed by atoms with Crippen LogP contribution in [0.1, 0.15) is 41.8 Å². The van der Waals surface area contributed by atoms with E-state index in [-0.39, 0.29) is 22.3 Å². The number of nitrogens with one attached hydrogen (secondary N) is 1. The number of fused-ring (bicyclic) bond motifs is 6. The highest BCUT2D eigenvalue weighted by molar-refractivity contribution is 5.86. The van der Waals surface area contributed by atoms with E-state index in [0.717, 1.165) is 37.2 Å². The third-order valence-corrected chi connectivity index (χ3v) is 6.64. The molecule has 0 aliphatic carbocycles. The minimum absolute atomic E-state index is 0. The van der Waals surface area contributed by atoms with Gasteiger partial charge in [-0.3, -0.25) is 9.69 Å². The topological polar surface area (TPSA) is 63.8 Å². The average molecular weight is 389 g/mol. The Labute approximate surface area is 168 Å². The van der Waals surface area contributed by atoms with Gasteiger partial charge in [-0.25, -0.2) is 0 Å². The molecule has 1 saturated heterocycles. The van der Waals surface area contributed by atoms with E-state index in [9.17, 15) is 4.79 Å². The maximum atomic E-state index is 11.6. The number of ether oxygens (including phenoxy) is 3. The molecule has 4 atom stereocenters. The number of aromatic amines is 1. The fraction of sp³-hybridized carbons (Fsp3) is 0.500. The van der Waals surface area contributed by atoms with Crippen molar-refractivity contribution in [3.8, 4) is 5.75 Å². The van der Waals surface area contributed by atoms with Crippen molar-refractivity contribution in [3.63, 3.8) is 0 Å². The number of aromatic nitrogens is 1. The summed E-state index contributed by atoms with van der Waals surface area (Å²) in [5.41, 5.74) is 3.84. The molecule has 0 amide bonds. The fourth-order valence-corrected chi connectivity index (χ4v) is 5.26. The first kappa shape index (κ1) is 17.6. The van der Waals surface area contributed by atoms with Crippen LogP contribution in [0.25, 0.3) is 10.9 Å². The SMILES string of the molecule is COc1ccc2c3c([nH]c2c1)C1CC2C(OC(C)=O)=CO[C@H](C)C2CN1CC3.[HH].[HH].[HH]. The van der Waals surface area contributed by atoms with Gasteiger partial charge in [0, 0.05) is 58.8 Å². The minimum atomic E-state index is -0.285. The van der Waals surface area contributed by atoms with Crippen LogP contribution in [0.2, 0.25) is 0 Å². The third kappa shape index (κ3) is 2.70. The number of allylic oxidation sites excluding steroid dienone is 1. The Hall–Kier alpha value is -2.47. The Morgan fingerprint density at radius 1 is 1.39 bits per heavy atom. The number of carbonyl (C=O) groups is 1. The molecule has 1 aromatic heterocycles. The molecular weight excluding hydrogens is 356 g/mol. The Balaban J connectivity index is 0.00000114. The lowest BCUT2D eigenvalue weighted by molar-refractivity contribution is -0.141. The third-order valence-electron chi connectivity index (χ3n) is 6.64. The number of carbonyl (C=O) groups excluding carboxylic acids is 1. The Kier molecular flexibility index (Phi) is 4.12. The van der Waals surface area contributed by atoms with Crippen LogP contribution in [-0.4, -0.2) is 42.2 Å². The Morgan fingerprint density at radius 3 is 3.04 bits per heavy atom. The summed E-state index contributed by atoms with van der Waals surface area (Å²) in [4.78, 5) is 17.8. The largest absolute Gasteiger partial charge is 0.497 e. The highest BCUT2D eigenvalue weighted by Gasteiger charge is 2.46. The smallest absolute Gasteiger partial charge is 0.307 e. The molecule has 0 bridgehead atoms. The lowest BCUT2D eigenvalue weighted by atomic mass is 9.74. The van der Waals surface area contributed by atoms with Crippen LogP contribution in [0, 0.1) is 11.8 Å². The number of H-pyrrole nitrogens is 1. The van der Waals surface area contributed by atoms with Crippen molar-refractivity contribution in [2.45, 2.75) is 38.8 Å². The summed E-state index contributed by atoms with van der Waals surface area (Å²) in [7, 11) is 1.70. The van der Waals surface area contributed by atoms with Crippen molar-refractivity contribution in [1.29, 1.82) is 0 Å². The Bertz CT molecular complexity index is 977. The van der Waals surface area contributed by atoms with Gasteiger partial charge in [0.25, 0.3) is 0 Å². The molecule has 6 nitrogen and oxygen atoms in total. The van der Waals surface area contributed by atoms with Crippen molar-refractivity contribution in [1.82, 2.24) is 9.88 Å². The molecule has 28 heavy (non-hydrogen) atoms. The van der Waals surface area contributed by atoms with Crippen LogP contribution >= 0.6 is 0 Å². The molecule has 3 aliphatic rings. The predicted molar refractivity (Wildman–Crippen MR) is 111 cm³/mol. The van der Waals surface area contributed by atoms with Crippen LogP contribution in [0.5, 0.6) is 5.75 Å². The number of rotatable bonds is 2. The zero-order chi connectivity index (χ0) is 19.4. The predicted octanol–water partition coefficient (Wildman–Crippen LogP) is 4.27. The number of piperidine rings is 1. The highest BCUT2D eigenvalue weighted by Crippen LogP contribution is 2.47. The number of hydrogen-bond acceptors (Lipinski definition) is 5.